The van der Waals surface area contributed by atoms with Gasteiger partial charge in [0.25, 0.3) is 5.91 Å². The van der Waals surface area contributed by atoms with Crippen molar-refractivity contribution in [3.05, 3.63) is 64.3 Å². The summed E-state index contributed by atoms with van der Waals surface area (Å²) in [5.74, 6) is 1.15. The molecule has 0 saturated carbocycles. The highest BCUT2D eigenvalue weighted by Crippen LogP contribution is 2.23. The Bertz CT molecular complexity index is 1130. The zero-order valence-electron chi connectivity index (χ0n) is 14.8. The van der Waals surface area contributed by atoms with Crippen molar-refractivity contribution < 1.29 is 13.6 Å². The van der Waals surface area contributed by atoms with Gasteiger partial charge in [0.2, 0.25) is 4.96 Å². The molecule has 4 aromatic rings. The number of hydrogen-bond donors (Lipinski definition) is 1. The van der Waals surface area contributed by atoms with E-state index >= 15 is 0 Å². The molecular weight excluding hydrogens is 367 g/mol. The molecule has 3 heterocycles. The van der Waals surface area contributed by atoms with Crippen molar-refractivity contribution in [3.63, 3.8) is 0 Å². The molecule has 27 heavy (non-hydrogen) atoms. The van der Waals surface area contributed by atoms with Crippen LogP contribution in [0.2, 0.25) is 0 Å². The lowest BCUT2D eigenvalue weighted by molar-refractivity contribution is 0.0952. The van der Waals surface area contributed by atoms with Gasteiger partial charge >= 0.3 is 0 Å². The summed E-state index contributed by atoms with van der Waals surface area (Å²) in [5, 5.41) is 9.26. The number of carbonyl (C=O) groups excluding carboxylic acids is 1. The van der Waals surface area contributed by atoms with E-state index in [1.54, 1.807) is 35.7 Å². The van der Waals surface area contributed by atoms with Crippen molar-refractivity contribution in [3.8, 4) is 11.4 Å². The van der Waals surface area contributed by atoms with Gasteiger partial charge in [-0.25, -0.2) is 8.91 Å². The predicted molar refractivity (Wildman–Crippen MR) is 100 cm³/mol. The summed E-state index contributed by atoms with van der Waals surface area (Å²) in [6.45, 7) is 4.02. The predicted octanol–water partition coefficient (Wildman–Crippen LogP) is 3.78. The Hall–Kier alpha value is -3.00. The summed E-state index contributed by atoms with van der Waals surface area (Å²) in [6.07, 6.45) is 0.585. The molecule has 0 saturated heterocycles. The second-order valence-electron chi connectivity index (χ2n) is 6.17. The molecule has 0 unspecified atom stereocenters. The number of rotatable bonds is 5. The fourth-order valence-corrected chi connectivity index (χ4v) is 3.77. The number of amides is 1. The molecule has 0 atom stereocenters. The molecule has 8 heteroatoms. The number of aromatic nitrogens is 3. The number of carbonyl (C=O) groups is 1. The molecule has 4 rings (SSSR count). The average molecular weight is 384 g/mol. The maximum absolute atomic E-state index is 14.0. The minimum Gasteiger partial charge on any atom is -0.466 e. The second kappa shape index (κ2) is 6.96. The Labute approximate surface area is 158 Å². The van der Waals surface area contributed by atoms with Crippen LogP contribution in [-0.2, 0) is 6.42 Å². The monoisotopic (exact) mass is 384 g/mol. The minimum atomic E-state index is -0.352. The topological polar surface area (TPSA) is 72.4 Å². The van der Waals surface area contributed by atoms with E-state index in [-0.39, 0.29) is 11.7 Å². The van der Waals surface area contributed by atoms with E-state index in [0.717, 1.165) is 5.69 Å². The molecule has 6 nitrogen and oxygen atoms in total. The fraction of sp³-hybridized carbons (Fsp3) is 0.211. The number of nitrogens with zero attached hydrogens (tertiary/aromatic N) is 3. The van der Waals surface area contributed by atoms with Crippen molar-refractivity contribution in [2.45, 2.75) is 20.3 Å². The van der Waals surface area contributed by atoms with Gasteiger partial charge < -0.3 is 9.73 Å². The van der Waals surface area contributed by atoms with E-state index in [4.69, 9.17) is 4.42 Å². The molecule has 138 valence electrons. The van der Waals surface area contributed by atoms with Gasteiger partial charge in [0, 0.05) is 18.3 Å². The van der Waals surface area contributed by atoms with Crippen molar-refractivity contribution in [2.24, 2.45) is 0 Å². The standard InChI is InChI=1S/C19H17FN4O2S/c1-11-9-15(12(2)26-11)18(25)21-8-7-13-10-27-19-22-17(23-24(13)19)14-5-3-4-6-16(14)20/h3-6,9-10H,7-8H2,1-2H3,(H,21,25). The van der Waals surface area contributed by atoms with Gasteiger partial charge in [-0.15, -0.1) is 16.4 Å². The summed E-state index contributed by atoms with van der Waals surface area (Å²) in [5.41, 5.74) is 1.83. The number of halogens is 1. The van der Waals surface area contributed by atoms with Crippen LogP contribution in [0.4, 0.5) is 4.39 Å². The third-order valence-electron chi connectivity index (χ3n) is 4.22. The van der Waals surface area contributed by atoms with Gasteiger partial charge in [0.05, 0.1) is 16.8 Å². The minimum absolute atomic E-state index is 0.165. The average Bonchev–Trinajstić information content (AvgIpc) is 3.30. The Morgan fingerprint density at radius 1 is 1.33 bits per heavy atom. The van der Waals surface area contributed by atoms with Gasteiger partial charge in [0.15, 0.2) is 5.82 Å². The van der Waals surface area contributed by atoms with Crippen LogP contribution in [-0.4, -0.2) is 27.0 Å². The van der Waals surface area contributed by atoms with Gasteiger partial charge in [-0.1, -0.05) is 12.1 Å². The molecule has 0 aliphatic carbocycles. The van der Waals surface area contributed by atoms with E-state index < -0.39 is 0 Å². The molecule has 0 spiro atoms. The summed E-state index contributed by atoms with van der Waals surface area (Å²) >= 11 is 1.44. The Kier molecular flexibility index (Phi) is 4.49. The van der Waals surface area contributed by atoms with Crippen molar-refractivity contribution >= 4 is 22.2 Å². The Balaban J connectivity index is 1.47. The largest absolute Gasteiger partial charge is 0.466 e. The molecule has 0 aliphatic rings. The van der Waals surface area contributed by atoms with Crippen LogP contribution < -0.4 is 5.32 Å². The van der Waals surface area contributed by atoms with E-state index in [9.17, 15) is 9.18 Å². The SMILES string of the molecule is Cc1cc(C(=O)NCCc2csc3nc(-c4ccccc4F)nn23)c(C)o1. The van der Waals surface area contributed by atoms with Crippen molar-refractivity contribution in [1.82, 2.24) is 19.9 Å². The van der Waals surface area contributed by atoms with Crippen LogP contribution in [0.1, 0.15) is 27.6 Å². The van der Waals surface area contributed by atoms with Gasteiger partial charge in [-0.05, 0) is 32.0 Å². The van der Waals surface area contributed by atoms with E-state index in [1.807, 2.05) is 12.3 Å². The first-order chi connectivity index (χ1) is 13.0. The molecule has 1 aromatic carbocycles. The first-order valence-corrected chi connectivity index (χ1v) is 9.34. The molecule has 0 bridgehead atoms. The zero-order chi connectivity index (χ0) is 19.0. The first kappa shape index (κ1) is 17.4. The molecular formula is C19H17FN4O2S. The van der Waals surface area contributed by atoms with Gasteiger partial charge in [-0.3, -0.25) is 4.79 Å². The van der Waals surface area contributed by atoms with Gasteiger partial charge in [-0.2, -0.15) is 4.98 Å². The summed E-state index contributed by atoms with van der Waals surface area (Å²) in [4.78, 5) is 17.3. The molecule has 1 N–H and O–H groups in total. The van der Waals surface area contributed by atoms with Crippen LogP contribution in [0.3, 0.4) is 0 Å². The lowest BCUT2D eigenvalue weighted by Crippen LogP contribution is -2.26. The lowest BCUT2D eigenvalue weighted by atomic mass is 10.2. The molecule has 3 aromatic heterocycles. The van der Waals surface area contributed by atoms with E-state index in [1.165, 1.54) is 17.4 Å². The molecule has 0 fully saturated rings. The first-order valence-electron chi connectivity index (χ1n) is 8.46. The van der Waals surface area contributed by atoms with Crippen LogP contribution >= 0.6 is 11.3 Å². The number of aryl methyl sites for hydroxylation is 2. The molecule has 1 amide bonds. The maximum Gasteiger partial charge on any atom is 0.254 e. The normalized spacial score (nSPS) is 11.2. The summed E-state index contributed by atoms with van der Waals surface area (Å²) in [6, 6.07) is 8.16. The highest BCUT2D eigenvalue weighted by atomic mass is 32.1. The van der Waals surface area contributed by atoms with E-state index in [0.29, 0.717) is 46.4 Å². The number of hydrogen-bond acceptors (Lipinski definition) is 5. The third-order valence-corrected chi connectivity index (χ3v) is 5.08. The molecule has 0 radical (unpaired) electrons. The van der Waals surface area contributed by atoms with E-state index in [2.05, 4.69) is 15.4 Å². The lowest BCUT2D eigenvalue weighted by Gasteiger charge is -2.03. The molecule has 0 aliphatic heterocycles. The summed E-state index contributed by atoms with van der Waals surface area (Å²) in [7, 11) is 0. The smallest absolute Gasteiger partial charge is 0.254 e. The second-order valence-corrected chi connectivity index (χ2v) is 7.01. The quantitative estimate of drug-likeness (QED) is 0.568. The van der Waals surface area contributed by atoms with Crippen LogP contribution in [0, 0.1) is 19.7 Å². The van der Waals surface area contributed by atoms with Gasteiger partial charge in [0.1, 0.15) is 17.3 Å². The highest BCUT2D eigenvalue weighted by molar-refractivity contribution is 7.15. The van der Waals surface area contributed by atoms with Crippen LogP contribution in [0.25, 0.3) is 16.3 Å². The summed E-state index contributed by atoms with van der Waals surface area (Å²) < 4.78 is 21.0. The third kappa shape index (κ3) is 3.35. The fourth-order valence-electron chi connectivity index (χ4n) is 2.91. The Morgan fingerprint density at radius 3 is 2.89 bits per heavy atom. The maximum atomic E-state index is 14.0. The van der Waals surface area contributed by atoms with Crippen LogP contribution in [0.5, 0.6) is 0 Å². The number of thiazole rings is 1. The van der Waals surface area contributed by atoms with Crippen molar-refractivity contribution in [1.29, 1.82) is 0 Å². The number of benzene rings is 1. The number of fused-ring (bicyclic) bond motifs is 1. The van der Waals surface area contributed by atoms with Crippen molar-refractivity contribution in [2.75, 3.05) is 6.54 Å². The number of furan rings is 1. The highest BCUT2D eigenvalue weighted by Gasteiger charge is 2.15. The van der Waals surface area contributed by atoms with Crippen LogP contribution in [0.15, 0.2) is 40.1 Å². The number of nitrogens with one attached hydrogen (secondary N) is 1. The zero-order valence-corrected chi connectivity index (χ0v) is 15.6. The Morgan fingerprint density at radius 2 is 2.15 bits per heavy atom.